The first-order chi connectivity index (χ1) is 15.2. The third kappa shape index (κ3) is 5.79. The van der Waals surface area contributed by atoms with Gasteiger partial charge in [-0.25, -0.2) is 8.42 Å². The topological polar surface area (TPSA) is 74.7 Å². The number of carbonyl (C=O) groups excluding carboxylic acids is 1. The van der Waals surface area contributed by atoms with Crippen LogP contribution in [0.4, 0.5) is 0 Å². The Kier molecular flexibility index (Phi) is 8.14. The van der Waals surface area contributed by atoms with Crippen molar-refractivity contribution in [2.24, 2.45) is 13.0 Å². The van der Waals surface area contributed by atoms with Crippen LogP contribution in [0.5, 0.6) is 0 Å². The first-order valence-electron chi connectivity index (χ1n) is 11.5. The molecule has 1 fully saturated rings. The Morgan fingerprint density at radius 2 is 1.69 bits per heavy atom. The Morgan fingerprint density at radius 3 is 2.28 bits per heavy atom. The summed E-state index contributed by atoms with van der Waals surface area (Å²) < 4.78 is 28.4. The molecular weight excluding hydrogens is 424 g/mol. The fourth-order valence-electron chi connectivity index (χ4n) is 4.13. The molecule has 0 bridgehead atoms. The van der Waals surface area contributed by atoms with Crippen LogP contribution in [-0.2, 0) is 30.2 Å². The number of nitrogens with zero attached hydrogens (tertiary/aromatic N) is 3. The highest BCUT2D eigenvalue weighted by atomic mass is 32.2. The maximum absolute atomic E-state index is 12.7. The standard InChI is InChI=1S/C24H36N4O3S/c1-5-28(6-2)32(30,31)22-15-23(26(4)18-22)24(29)25-16-20-7-9-21(10-8-20)17-27-13-11-19(3)12-14-27/h7-10,15,18-19H,5-6,11-14,16-17H2,1-4H3,(H,25,29). The summed E-state index contributed by atoms with van der Waals surface area (Å²) >= 11 is 0. The monoisotopic (exact) mass is 460 g/mol. The van der Waals surface area contributed by atoms with Crippen molar-refractivity contribution in [3.05, 3.63) is 53.3 Å². The SMILES string of the molecule is CCN(CC)S(=O)(=O)c1cc(C(=O)NCc2ccc(CN3CCC(C)CC3)cc2)n(C)c1. The van der Waals surface area contributed by atoms with Crippen LogP contribution in [0.15, 0.2) is 41.4 Å². The summed E-state index contributed by atoms with van der Waals surface area (Å²) in [5.74, 6) is 0.537. The van der Waals surface area contributed by atoms with Gasteiger partial charge in [-0.1, -0.05) is 45.0 Å². The van der Waals surface area contributed by atoms with E-state index >= 15 is 0 Å². The Hall–Kier alpha value is -2.16. The van der Waals surface area contributed by atoms with Crippen LogP contribution < -0.4 is 5.32 Å². The molecule has 1 aliphatic rings. The molecule has 1 aliphatic heterocycles. The van der Waals surface area contributed by atoms with E-state index in [9.17, 15) is 13.2 Å². The quantitative estimate of drug-likeness (QED) is 0.624. The number of aryl methyl sites for hydroxylation is 1. The van der Waals surface area contributed by atoms with E-state index in [1.807, 2.05) is 12.1 Å². The highest BCUT2D eigenvalue weighted by molar-refractivity contribution is 7.89. The van der Waals surface area contributed by atoms with Crippen LogP contribution in [-0.4, -0.2) is 54.3 Å². The molecule has 1 aromatic heterocycles. The lowest BCUT2D eigenvalue weighted by atomic mass is 9.99. The zero-order valence-corrected chi connectivity index (χ0v) is 20.5. The van der Waals surface area contributed by atoms with E-state index in [2.05, 4.69) is 29.3 Å². The zero-order valence-electron chi connectivity index (χ0n) is 19.7. The molecule has 1 amide bonds. The summed E-state index contributed by atoms with van der Waals surface area (Å²) in [6.45, 7) is 10.4. The molecule has 1 aromatic carbocycles. The van der Waals surface area contributed by atoms with Gasteiger partial charge in [-0.05, 0) is 49.0 Å². The lowest BCUT2D eigenvalue weighted by Gasteiger charge is -2.30. The van der Waals surface area contributed by atoms with Crippen molar-refractivity contribution in [1.82, 2.24) is 19.1 Å². The fourth-order valence-corrected chi connectivity index (χ4v) is 5.66. The number of piperidine rings is 1. The van der Waals surface area contributed by atoms with Crippen LogP contribution in [0.25, 0.3) is 0 Å². The number of sulfonamides is 1. The average Bonchev–Trinajstić information content (AvgIpc) is 3.18. The second-order valence-corrected chi connectivity index (χ2v) is 10.7. The van der Waals surface area contributed by atoms with Gasteiger partial charge in [0.1, 0.15) is 10.6 Å². The molecule has 0 atom stereocenters. The van der Waals surface area contributed by atoms with Crippen LogP contribution in [0.3, 0.4) is 0 Å². The van der Waals surface area contributed by atoms with E-state index in [0.717, 1.165) is 31.1 Å². The third-order valence-electron chi connectivity index (χ3n) is 6.31. The second kappa shape index (κ2) is 10.6. The Balaban J connectivity index is 1.58. The minimum Gasteiger partial charge on any atom is -0.347 e. The van der Waals surface area contributed by atoms with Crippen molar-refractivity contribution in [2.75, 3.05) is 26.2 Å². The number of aromatic nitrogens is 1. The number of likely N-dealkylation sites (tertiary alicyclic amines) is 1. The van der Waals surface area contributed by atoms with Gasteiger partial charge >= 0.3 is 0 Å². The minimum absolute atomic E-state index is 0.144. The summed E-state index contributed by atoms with van der Waals surface area (Å²) in [7, 11) is -1.91. The van der Waals surface area contributed by atoms with Gasteiger partial charge in [0.05, 0.1) is 0 Å². The number of nitrogens with one attached hydrogen (secondary N) is 1. The van der Waals surface area contributed by atoms with Gasteiger partial charge in [0.2, 0.25) is 10.0 Å². The van der Waals surface area contributed by atoms with E-state index in [1.165, 1.54) is 35.0 Å². The molecule has 0 radical (unpaired) electrons. The number of benzene rings is 1. The Labute approximate surface area is 192 Å². The van der Waals surface area contributed by atoms with Crippen molar-refractivity contribution in [2.45, 2.75) is 51.6 Å². The normalized spacial score (nSPS) is 15.9. The second-order valence-electron chi connectivity index (χ2n) is 8.72. The molecule has 3 rings (SSSR count). The maximum atomic E-state index is 12.7. The molecule has 8 heteroatoms. The Morgan fingerprint density at radius 1 is 1.09 bits per heavy atom. The molecule has 0 saturated carbocycles. The molecule has 0 unspecified atom stereocenters. The molecule has 176 valence electrons. The summed E-state index contributed by atoms with van der Waals surface area (Å²) in [4.78, 5) is 15.3. The van der Waals surface area contributed by atoms with E-state index in [0.29, 0.717) is 25.3 Å². The number of rotatable bonds is 9. The molecule has 32 heavy (non-hydrogen) atoms. The third-order valence-corrected chi connectivity index (χ3v) is 8.33. The van der Waals surface area contributed by atoms with Gasteiger partial charge in [-0.15, -0.1) is 0 Å². The predicted octanol–water partition coefficient (Wildman–Crippen LogP) is 3.22. The summed E-state index contributed by atoms with van der Waals surface area (Å²) in [6, 6.07) is 9.78. The molecule has 1 N–H and O–H groups in total. The molecular formula is C24H36N4O3S. The van der Waals surface area contributed by atoms with Gasteiger partial charge in [0.15, 0.2) is 0 Å². The number of hydrogen-bond acceptors (Lipinski definition) is 4. The lowest BCUT2D eigenvalue weighted by molar-refractivity contribution is 0.0942. The smallest absolute Gasteiger partial charge is 0.268 e. The van der Waals surface area contributed by atoms with Gasteiger partial charge in [0, 0.05) is 39.4 Å². The first-order valence-corrected chi connectivity index (χ1v) is 12.9. The Bertz CT molecular complexity index is 1000. The van der Waals surface area contributed by atoms with Crippen molar-refractivity contribution >= 4 is 15.9 Å². The summed E-state index contributed by atoms with van der Waals surface area (Å²) in [6.07, 6.45) is 4.03. The van der Waals surface area contributed by atoms with E-state index in [4.69, 9.17) is 0 Å². The van der Waals surface area contributed by atoms with E-state index in [1.54, 1.807) is 25.5 Å². The van der Waals surface area contributed by atoms with Crippen LogP contribution in [0, 0.1) is 5.92 Å². The molecule has 7 nitrogen and oxygen atoms in total. The van der Waals surface area contributed by atoms with Crippen molar-refractivity contribution in [3.8, 4) is 0 Å². The zero-order chi connectivity index (χ0) is 23.3. The summed E-state index contributed by atoms with van der Waals surface area (Å²) in [5.41, 5.74) is 2.62. The number of amides is 1. The predicted molar refractivity (Wildman–Crippen MR) is 127 cm³/mol. The highest BCUT2D eigenvalue weighted by Gasteiger charge is 2.25. The number of carbonyl (C=O) groups is 1. The van der Waals surface area contributed by atoms with E-state index < -0.39 is 10.0 Å². The molecule has 0 aliphatic carbocycles. The van der Waals surface area contributed by atoms with Gasteiger partial charge in [-0.3, -0.25) is 9.69 Å². The number of hydrogen-bond donors (Lipinski definition) is 1. The van der Waals surface area contributed by atoms with Crippen LogP contribution in [0.2, 0.25) is 0 Å². The maximum Gasteiger partial charge on any atom is 0.268 e. The van der Waals surface area contributed by atoms with Crippen LogP contribution >= 0.6 is 0 Å². The summed E-state index contributed by atoms with van der Waals surface area (Å²) in [5, 5.41) is 2.91. The van der Waals surface area contributed by atoms with Crippen molar-refractivity contribution < 1.29 is 13.2 Å². The molecule has 2 heterocycles. The first kappa shape index (κ1) is 24.5. The van der Waals surface area contributed by atoms with Crippen LogP contribution in [0.1, 0.15) is 55.2 Å². The molecule has 1 saturated heterocycles. The van der Waals surface area contributed by atoms with Crippen molar-refractivity contribution in [1.29, 1.82) is 0 Å². The lowest BCUT2D eigenvalue weighted by Crippen LogP contribution is -2.32. The minimum atomic E-state index is -3.60. The fraction of sp³-hybridized carbons (Fsp3) is 0.542. The molecule has 2 aromatic rings. The van der Waals surface area contributed by atoms with Crippen molar-refractivity contribution in [3.63, 3.8) is 0 Å². The van der Waals surface area contributed by atoms with Gasteiger partial charge in [-0.2, -0.15) is 4.31 Å². The average molecular weight is 461 g/mol. The van der Waals surface area contributed by atoms with E-state index in [-0.39, 0.29) is 10.8 Å². The van der Waals surface area contributed by atoms with Gasteiger partial charge in [0.25, 0.3) is 5.91 Å². The van der Waals surface area contributed by atoms with Gasteiger partial charge < -0.3 is 9.88 Å². The largest absolute Gasteiger partial charge is 0.347 e. The highest BCUT2D eigenvalue weighted by Crippen LogP contribution is 2.20. The molecule has 0 spiro atoms.